The molecule has 1 amide bonds. The van der Waals surface area contributed by atoms with Gasteiger partial charge in [0, 0.05) is 18.8 Å². The fourth-order valence-electron chi connectivity index (χ4n) is 2.41. The third-order valence-corrected chi connectivity index (χ3v) is 6.62. The number of carbonyl (C=O) groups excluding carboxylic acids is 1. The van der Waals surface area contributed by atoms with Crippen molar-refractivity contribution in [2.24, 2.45) is 0 Å². The molecule has 0 aliphatic carbocycles. The number of unbranched alkanes of at least 4 members (excludes halogenated alkanes) is 1. The van der Waals surface area contributed by atoms with Crippen LogP contribution in [0.3, 0.4) is 0 Å². The summed E-state index contributed by atoms with van der Waals surface area (Å²) in [7, 11) is -3.54. The van der Waals surface area contributed by atoms with Gasteiger partial charge < -0.3 is 4.90 Å². The molecule has 0 unspecified atom stereocenters. The maximum Gasteiger partial charge on any atom is 0.271 e. The average Bonchev–Trinajstić information content (AvgIpc) is 3.13. The van der Waals surface area contributed by atoms with Gasteiger partial charge in [-0.3, -0.25) is 9.52 Å². The zero-order valence-corrected chi connectivity index (χ0v) is 16.2. The third kappa shape index (κ3) is 5.57. The van der Waals surface area contributed by atoms with Crippen molar-refractivity contribution >= 4 is 33.0 Å². The number of anilines is 1. The topological polar surface area (TPSA) is 66.5 Å². The first-order valence-corrected chi connectivity index (χ1v) is 10.8. The molecule has 0 bridgehead atoms. The van der Waals surface area contributed by atoms with Gasteiger partial charge in [0.05, 0.1) is 6.42 Å². The highest BCUT2D eigenvalue weighted by molar-refractivity contribution is 7.94. The number of likely N-dealkylation sites (N-methyl/N-ethyl adjacent to an activating group) is 1. The van der Waals surface area contributed by atoms with Crippen molar-refractivity contribution in [3.63, 3.8) is 0 Å². The van der Waals surface area contributed by atoms with Crippen molar-refractivity contribution < 1.29 is 13.2 Å². The highest BCUT2D eigenvalue weighted by Gasteiger charge is 2.15. The largest absolute Gasteiger partial charge is 0.343 e. The number of benzene rings is 1. The summed E-state index contributed by atoms with van der Waals surface area (Å²) in [5.41, 5.74) is 1.36. The van der Waals surface area contributed by atoms with E-state index in [1.54, 1.807) is 41.8 Å². The van der Waals surface area contributed by atoms with E-state index in [0.29, 0.717) is 18.7 Å². The number of nitrogens with one attached hydrogen (secondary N) is 1. The molecular formula is C18H24N2O3S2. The van der Waals surface area contributed by atoms with Crippen LogP contribution >= 0.6 is 11.3 Å². The molecule has 136 valence electrons. The molecule has 0 saturated carbocycles. The Morgan fingerprint density at radius 1 is 1.16 bits per heavy atom. The highest BCUT2D eigenvalue weighted by atomic mass is 32.2. The molecule has 1 aromatic heterocycles. The second-order valence-electron chi connectivity index (χ2n) is 5.74. The number of rotatable bonds is 9. The summed E-state index contributed by atoms with van der Waals surface area (Å²) in [6.07, 6.45) is 2.39. The van der Waals surface area contributed by atoms with E-state index < -0.39 is 10.0 Å². The van der Waals surface area contributed by atoms with Gasteiger partial charge in [-0.2, -0.15) is 0 Å². The first-order chi connectivity index (χ1) is 12.0. The van der Waals surface area contributed by atoms with E-state index in [-0.39, 0.29) is 10.1 Å². The summed E-state index contributed by atoms with van der Waals surface area (Å²) in [6.45, 7) is 5.58. The number of carbonyl (C=O) groups is 1. The van der Waals surface area contributed by atoms with E-state index in [1.165, 1.54) is 11.3 Å². The van der Waals surface area contributed by atoms with Crippen LogP contribution < -0.4 is 4.72 Å². The van der Waals surface area contributed by atoms with Crippen molar-refractivity contribution in [3.05, 3.63) is 47.3 Å². The van der Waals surface area contributed by atoms with E-state index in [0.717, 1.165) is 24.9 Å². The highest BCUT2D eigenvalue weighted by Crippen LogP contribution is 2.20. The van der Waals surface area contributed by atoms with Crippen LogP contribution in [-0.2, 0) is 21.2 Å². The zero-order valence-electron chi connectivity index (χ0n) is 14.6. The molecule has 1 N–H and O–H groups in total. The van der Waals surface area contributed by atoms with E-state index >= 15 is 0 Å². The number of thiophene rings is 1. The summed E-state index contributed by atoms with van der Waals surface area (Å²) in [5, 5.41) is 1.72. The molecular weight excluding hydrogens is 356 g/mol. The van der Waals surface area contributed by atoms with Crippen LogP contribution in [0.15, 0.2) is 46.0 Å². The zero-order chi connectivity index (χ0) is 18.3. The Morgan fingerprint density at radius 2 is 1.88 bits per heavy atom. The Labute approximate surface area is 153 Å². The summed E-state index contributed by atoms with van der Waals surface area (Å²) >= 11 is 1.17. The lowest BCUT2D eigenvalue weighted by molar-refractivity contribution is -0.130. The van der Waals surface area contributed by atoms with Crippen molar-refractivity contribution in [2.75, 3.05) is 17.8 Å². The van der Waals surface area contributed by atoms with E-state index in [9.17, 15) is 13.2 Å². The quantitative estimate of drug-likeness (QED) is 0.721. The number of sulfonamides is 1. The molecule has 0 saturated heterocycles. The van der Waals surface area contributed by atoms with Gasteiger partial charge in [-0.1, -0.05) is 31.5 Å². The maximum absolute atomic E-state index is 12.3. The van der Waals surface area contributed by atoms with Crippen LogP contribution in [0.2, 0.25) is 0 Å². The first-order valence-electron chi connectivity index (χ1n) is 8.39. The van der Waals surface area contributed by atoms with Crippen molar-refractivity contribution in [3.8, 4) is 0 Å². The predicted molar refractivity (Wildman–Crippen MR) is 102 cm³/mol. The third-order valence-electron chi connectivity index (χ3n) is 3.84. The summed E-state index contributed by atoms with van der Waals surface area (Å²) < 4.78 is 27.2. The minimum absolute atomic E-state index is 0.0999. The molecule has 0 radical (unpaired) electrons. The second kappa shape index (κ2) is 9.01. The van der Waals surface area contributed by atoms with Gasteiger partial charge in [0.1, 0.15) is 4.21 Å². The Kier molecular flexibility index (Phi) is 7.01. The van der Waals surface area contributed by atoms with Crippen LogP contribution in [-0.4, -0.2) is 32.3 Å². The van der Waals surface area contributed by atoms with Crippen LogP contribution in [0.4, 0.5) is 5.69 Å². The Hall–Kier alpha value is -1.86. The van der Waals surface area contributed by atoms with Gasteiger partial charge >= 0.3 is 0 Å². The molecule has 0 fully saturated rings. The minimum atomic E-state index is -3.54. The van der Waals surface area contributed by atoms with Crippen molar-refractivity contribution in [1.29, 1.82) is 0 Å². The second-order valence-corrected chi connectivity index (χ2v) is 8.60. The lowest BCUT2D eigenvalue weighted by Gasteiger charge is -2.20. The van der Waals surface area contributed by atoms with Crippen LogP contribution in [0.1, 0.15) is 32.3 Å². The lowest BCUT2D eigenvalue weighted by atomic mass is 10.1. The fraction of sp³-hybridized carbons (Fsp3) is 0.389. The maximum atomic E-state index is 12.3. The van der Waals surface area contributed by atoms with Gasteiger partial charge in [-0.25, -0.2) is 8.42 Å². The van der Waals surface area contributed by atoms with Crippen LogP contribution in [0.25, 0.3) is 0 Å². The molecule has 1 aromatic carbocycles. The molecule has 0 aliphatic rings. The standard InChI is InChI=1S/C18H24N2O3S2/c1-3-5-12-20(4-2)17(21)14-15-8-10-16(11-9-15)19-25(22,23)18-7-6-13-24-18/h6-11,13,19H,3-5,12,14H2,1-2H3. The number of hydrogen-bond acceptors (Lipinski definition) is 4. The molecule has 2 rings (SSSR count). The molecule has 7 heteroatoms. The molecule has 0 spiro atoms. The number of nitrogens with zero attached hydrogens (tertiary/aromatic N) is 1. The lowest BCUT2D eigenvalue weighted by Crippen LogP contribution is -2.32. The number of amides is 1. The molecule has 0 aliphatic heterocycles. The Morgan fingerprint density at radius 3 is 2.44 bits per heavy atom. The van der Waals surface area contributed by atoms with E-state index in [1.807, 2.05) is 11.8 Å². The molecule has 2 aromatic rings. The Balaban J connectivity index is 1.99. The minimum Gasteiger partial charge on any atom is -0.343 e. The van der Waals surface area contributed by atoms with Crippen molar-refractivity contribution in [1.82, 2.24) is 4.90 Å². The van der Waals surface area contributed by atoms with Gasteiger partial charge in [-0.05, 0) is 42.5 Å². The van der Waals surface area contributed by atoms with E-state index in [2.05, 4.69) is 11.6 Å². The fourth-order valence-corrected chi connectivity index (χ4v) is 4.46. The molecule has 0 atom stereocenters. The number of hydrogen-bond donors (Lipinski definition) is 1. The van der Waals surface area contributed by atoms with Crippen LogP contribution in [0, 0.1) is 0 Å². The summed E-state index contributed by atoms with van der Waals surface area (Å²) in [5.74, 6) is 0.0999. The van der Waals surface area contributed by atoms with Gasteiger partial charge in [-0.15, -0.1) is 11.3 Å². The predicted octanol–water partition coefficient (Wildman–Crippen LogP) is 3.74. The van der Waals surface area contributed by atoms with Gasteiger partial charge in [0.25, 0.3) is 10.0 Å². The monoisotopic (exact) mass is 380 g/mol. The molecule has 5 nitrogen and oxygen atoms in total. The van der Waals surface area contributed by atoms with E-state index in [4.69, 9.17) is 0 Å². The molecule has 25 heavy (non-hydrogen) atoms. The summed E-state index contributed by atoms with van der Waals surface area (Å²) in [4.78, 5) is 14.2. The average molecular weight is 381 g/mol. The molecule has 1 heterocycles. The first kappa shape index (κ1) is 19.5. The Bertz CT molecular complexity index is 769. The summed E-state index contributed by atoms with van der Waals surface area (Å²) in [6, 6.07) is 10.2. The van der Waals surface area contributed by atoms with Crippen molar-refractivity contribution in [2.45, 2.75) is 37.3 Å². The SMILES string of the molecule is CCCCN(CC)C(=O)Cc1ccc(NS(=O)(=O)c2cccs2)cc1. The smallest absolute Gasteiger partial charge is 0.271 e. The normalized spacial score (nSPS) is 11.3. The van der Waals surface area contributed by atoms with Gasteiger partial charge in [0.15, 0.2) is 0 Å². The van der Waals surface area contributed by atoms with Gasteiger partial charge in [0.2, 0.25) is 5.91 Å². The van der Waals surface area contributed by atoms with Crippen LogP contribution in [0.5, 0.6) is 0 Å².